The van der Waals surface area contributed by atoms with Gasteiger partial charge in [0.25, 0.3) is 0 Å². The van der Waals surface area contributed by atoms with E-state index in [0.717, 1.165) is 22.2 Å². The van der Waals surface area contributed by atoms with Gasteiger partial charge in [0.2, 0.25) is 11.8 Å². The van der Waals surface area contributed by atoms with E-state index in [-0.39, 0.29) is 11.8 Å². The summed E-state index contributed by atoms with van der Waals surface area (Å²) < 4.78 is 0. The summed E-state index contributed by atoms with van der Waals surface area (Å²) in [5.41, 5.74) is 1.70. The molecule has 5 heteroatoms. The highest BCUT2D eigenvalue weighted by atomic mass is 16.2. The van der Waals surface area contributed by atoms with Gasteiger partial charge in [0.05, 0.1) is 11.9 Å². The molecule has 0 aliphatic rings. The molecule has 1 aromatic carbocycles. The van der Waals surface area contributed by atoms with Crippen molar-refractivity contribution in [3.8, 4) is 0 Å². The number of aryl methyl sites for hydroxylation is 1. The number of benzene rings is 1. The number of carbonyl (C=O) groups excluding carboxylic acids is 2. The number of carbonyl (C=O) groups is 2. The molecule has 1 N–H and O–H groups in total. The van der Waals surface area contributed by atoms with Gasteiger partial charge in [0.1, 0.15) is 0 Å². The molecular weight excluding hydrogens is 266 g/mol. The summed E-state index contributed by atoms with van der Waals surface area (Å²) in [5.74, 6) is -0.179. The van der Waals surface area contributed by atoms with Gasteiger partial charge in [-0.2, -0.15) is 0 Å². The predicted octanol–water partition coefficient (Wildman–Crippen LogP) is 2.03. The second-order valence-corrected chi connectivity index (χ2v) is 4.93. The zero-order valence-corrected chi connectivity index (χ0v) is 12.5. The van der Waals surface area contributed by atoms with Crippen LogP contribution in [0, 0.1) is 6.92 Å². The van der Waals surface area contributed by atoms with Gasteiger partial charge in [-0.1, -0.05) is 24.3 Å². The van der Waals surface area contributed by atoms with Crippen molar-refractivity contribution in [3.05, 3.63) is 36.2 Å². The largest absolute Gasteiger partial charge is 0.355 e. The molecule has 0 atom stereocenters. The zero-order valence-electron chi connectivity index (χ0n) is 12.5. The Hall–Kier alpha value is -2.43. The maximum absolute atomic E-state index is 11.9. The molecule has 2 rings (SSSR count). The van der Waals surface area contributed by atoms with E-state index < -0.39 is 0 Å². The maximum atomic E-state index is 11.9. The van der Waals surface area contributed by atoms with Crippen molar-refractivity contribution in [1.82, 2.24) is 10.3 Å². The molecule has 0 aliphatic carbocycles. The Balaban J connectivity index is 2.39. The fourth-order valence-corrected chi connectivity index (χ4v) is 2.33. The highest BCUT2D eigenvalue weighted by Crippen LogP contribution is 2.27. The average Bonchev–Trinajstić information content (AvgIpc) is 2.45. The number of rotatable bonds is 4. The summed E-state index contributed by atoms with van der Waals surface area (Å²) in [5, 5.41) is 4.72. The van der Waals surface area contributed by atoms with Crippen LogP contribution in [0.2, 0.25) is 0 Å². The summed E-state index contributed by atoms with van der Waals surface area (Å²) in [6, 6.07) is 7.87. The fourth-order valence-electron chi connectivity index (χ4n) is 2.33. The minimum absolute atomic E-state index is 0.0730. The number of anilines is 1. The first-order valence-electron chi connectivity index (χ1n) is 6.87. The predicted molar refractivity (Wildman–Crippen MR) is 83.2 cm³/mol. The van der Waals surface area contributed by atoms with Gasteiger partial charge in [-0.25, -0.2) is 0 Å². The van der Waals surface area contributed by atoms with Crippen LogP contribution in [0.4, 0.5) is 5.69 Å². The number of hydrogen-bond acceptors (Lipinski definition) is 3. The molecule has 2 amide bonds. The molecule has 1 aromatic heterocycles. The number of amides is 2. The van der Waals surface area contributed by atoms with E-state index in [2.05, 4.69) is 10.3 Å². The summed E-state index contributed by atoms with van der Waals surface area (Å²) in [6.45, 7) is 5.76. The number of aromatic nitrogens is 1. The van der Waals surface area contributed by atoms with Crippen LogP contribution in [-0.2, 0) is 9.59 Å². The molecule has 0 saturated carbocycles. The molecule has 2 aromatic rings. The average molecular weight is 285 g/mol. The molecule has 0 bridgehead atoms. The molecule has 0 saturated heterocycles. The van der Waals surface area contributed by atoms with Crippen molar-refractivity contribution in [2.45, 2.75) is 20.8 Å². The van der Waals surface area contributed by atoms with Crippen molar-refractivity contribution >= 4 is 28.3 Å². The second-order valence-electron chi connectivity index (χ2n) is 4.93. The lowest BCUT2D eigenvalue weighted by Crippen LogP contribution is -2.37. The maximum Gasteiger partial charge on any atom is 0.223 e. The Labute approximate surface area is 124 Å². The van der Waals surface area contributed by atoms with Crippen LogP contribution in [0.25, 0.3) is 10.8 Å². The van der Waals surface area contributed by atoms with E-state index in [1.165, 1.54) is 13.8 Å². The highest BCUT2D eigenvalue weighted by molar-refractivity contribution is 6.03. The SMILES string of the molecule is CC(=O)NCCN(C(C)=O)c1cnc(C)c2ccccc12. The van der Waals surface area contributed by atoms with Crippen LogP contribution in [0.3, 0.4) is 0 Å². The molecule has 21 heavy (non-hydrogen) atoms. The summed E-state index contributed by atoms with van der Waals surface area (Å²) in [4.78, 5) is 28.9. The molecule has 0 radical (unpaired) electrons. The monoisotopic (exact) mass is 285 g/mol. The number of nitrogens with one attached hydrogen (secondary N) is 1. The molecule has 0 unspecified atom stereocenters. The Morgan fingerprint density at radius 2 is 1.86 bits per heavy atom. The first-order valence-corrected chi connectivity index (χ1v) is 6.87. The van der Waals surface area contributed by atoms with Crippen LogP contribution < -0.4 is 10.2 Å². The number of nitrogens with zero attached hydrogens (tertiary/aromatic N) is 2. The molecule has 1 heterocycles. The van der Waals surface area contributed by atoms with Crippen molar-refractivity contribution < 1.29 is 9.59 Å². The first kappa shape index (κ1) is 15.0. The molecule has 0 fully saturated rings. The van der Waals surface area contributed by atoms with Crippen molar-refractivity contribution in [2.75, 3.05) is 18.0 Å². The lowest BCUT2D eigenvalue weighted by molar-refractivity contribution is -0.119. The summed E-state index contributed by atoms with van der Waals surface area (Å²) in [7, 11) is 0. The minimum Gasteiger partial charge on any atom is -0.355 e. The Morgan fingerprint density at radius 3 is 2.48 bits per heavy atom. The standard InChI is InChI=1S/C16H19N3O2/c1-11-14-6-4-5-7-15(14)16(10-18-11)19(13(3)21)9-8-17-12(2)20/h4-7,10H,8-9H2,1-3H3,(H,17,20). The van der Waals surface area contributed by atoms with Gasteiger partial charge in [-0.3, -0.25) is 14.6 Å². The van der Waals surface area contributed by atoms with Gasteiger partial charge in [-0.05, 0) is 6.92 Å². The van der Waals surface area contributed by atoms with Crippen molar-refractivity contribution in [2.24, 2.45) is 0 Å². The van der Waals surface area contributed by atoms with E-state index in [0.29, 0.717) is 13.1 Å². The first-order chi connectivity index (χ1) is 10.0. The third kappa shape index (κ3) is 3.37. The third-order valence-corrected chi connectivity index (χ3v) is 3.35. The van der Waals surface area contributed by atoms with Crippen LogP contribution in [0.15, 0.2) is 30.5 Å². The van der Waals surface area contributed by atoms with Crippen LogP contribution >= 0.6 is 0 Å². The Morgan fingerprint density at radius 1 is 1.19 bits per heavy atom. The van der Waals surface area contributed by atoms with Gasteiger partial charge in [0.15, 0.2) is 0 Å². The molecule has 5 nitrogen and oxygen atoms in total. The van der Waals surface area contributed by atoms with E-state index in [1.54, 1.807) is 11.1 Å². The Bertz CT molecular complexity index is 682. The summed E-state index contributed by atoms with van der Waals surface area (Å²) in [6.07, 6.45) is 1.72. The molecular formula is C16H19N3O2. The third-order valence-electron chi connectivity index (χ3n) is 3.35. The molecule has 0 spiro atoms. The molecule has 110 valence electrons. The Kier molecular flexibility index (Phi) is 4.52. The number of pyridine rings is 1. The second kappa shape index (κ2) is 6.35. The number of hydrogen-bond donors (Lipinski definition) is 1. The summed E-state index contributed by atoms with van der Waals surface area (Å²) >= 11 is 0. The minimum atomic E-state index is -0.106. The van der Waals surface area contributed by atoms with Crippen LogP contribution in [0.5, 0.6) is 0 Å². The van der Waals surface area contributed by atoms with E-state index in [9.17, 15) is 9.59 Å². The van der Waals surface area contributed by atoms with Crippen molar-refractivity contribution in [3.63, 3.8) is 0 Å². The van der Waals surface area contributed by atoms with Gasteiger partial charge in [0, 0.05) is 43.4 Å². The van der Waals surface area contributed by atoms with Crippen LogP contribution in [0.1, 0.15) is 19.5 Å². The van der Waals surface area contributed by atoms with Crippen molar-refractivity contribution in [1.29, 1.82) is 0 Å². The highest BCUT2D eigenvalue weighted by Gasteiger charge is 2.15. The molecule has 0 aliphatic heterocycles. The number of fused-ring (bicyclic) bond motifs is 1. The van der Waals surface area contributed by atoms with E-state index >= 15 is 0 Å². The lowest BCUT2D eigenvalue weighted by atomic mass is 10.1. The van der Waals surface area contributed by atoms with Gasteiger partial charge in [-0.15, -0.1) is 0 Å². The van der Waals surface area contributed by atoms with Crippen LogP contribution in [-0.4, -0.2) is 29.9 Å². The van der Waals surface area contributed by atoms with E-state index in [4.69, 9.17) is 0 Å². The topological polar surface area (TPSA) is 62.3 Å². The van der Waals surface area contributed by atoms with E-state index in [1.807, 2.05) is 31.2 Å². The lowest BCUT2D eigenvalue weighted by Gasteiger charge is -2.23. The van der Waals surface area contributed by atoms with Gasteiger partial charge < -0.3 is 10.2 Å². The fraction of sp³-hybridized carbons (Fsp3) is 0.312. The normalized spacial score (nSPS) is 10.4. The zero-order chi connectivity index (χ0) is 15.4. The quantitative estimate of drug-likeness (QED) is 0.935. The smallest absolute Gasteiger partial charge is 0.223 e. The van der Waals surface area contributed by atoms with Gasteiger partial charge >= 0.3 is 0 Å².